The molecule has 0 unspecified atom stereocenters. The first-order chi connectivity index (χ1) is 7.37. The van der Waals surface area contributed by atoms with E-state index in [9.17, 15) is 8.42 Å². The van der Waals surface area contributed by atoms with E-state index in [4.69, 9.17) is 5.73 Å². The summed E-state index contributed by atoms with van der Waals surface area (Å²) in [6.07, 6.45) is 1.96. The second-order valence-corrected chi connectivity index (χ2v) is 6.35. The molecule has 0 spiro atoms. The van der Waals surface area contributed by atoms with Crippen molar-refractivity contribution >= 4 is 27.2 Å². The molecular weight excluding hydrogens is 244 g/mol. The van der Waals surface area contributed by atoms with Gasteiger partial charge in [0.1, 0.15) is 5.75 Å². The van der Waals surface area contributed by atoms with Crippen LogP contribution in [-0.2, 0) is 10.0 Å². The Morgan fingerprint density at radius 2 is 1.81 bits per heavy atom. The van der Waals surface area contributed by atoms with Gasteiger partial charge in [0.15, 0.2) is 0 Å². The van der Waals surface area contributed by atoms with Gasteiger partial charge in [-0.25, -0.2) is 12.7 Å². The maximum absolute atomic E-state index is 11.9. The summed E-state index contributed by atoms with van der Waals surface area (Å²) in [7, 11) is -3.32. The van der Waals surface area contributed by atoms with E-state index < -0.39 is 10.0 Å². The van der Waals surface area contributed by atoms with Crippen LogP contribution in [0.3, 0.4) is 0 Å². The van der Waals surface area contributed by atoms with Gasteiger partial charge in [-0.05, 0) is 5.92 Å². The van der Waals surface area contributed by atoms with Gasteiger partial charge in [-0.15, -0.1) is 0 Å². The molecule has 0 aliphatic heterocycles. The lowest BCUT2D eigenvalue weighted by molar-refractivity contribution is 0.340. The molecule has 0 amide bonds. The molecule has 0 saturated carbocycles. The van der Waals surface area contributed by atoms with Crippen molar-refractivity contribution in [1.29, 1.82) is 0 Å². The Bertz CT molecular complexity index is 311. The predicted molar refractivity (Wildman–Crippen MR) is 71.9 cm³/mol. The topological polar surface area (TPSA) is 63.4 Å². The zero-order valence-electron chi connectivity index (χ0n) is 10.3. The van der Waals surface area contributed by atoms with E-state index >= 15 is 0 Å². The summed E-state index contributed by atoms with van der Waals surface area (Å²) in [5.74, 6) is 0.178. The van der Waals surface area contributed by atoms with Gasteiger partial charge in [-0.3, -0.25) is 0 Å². The number of sulfonamides is 1. The van der Waals surface area contributed by atoms with Gasteiger partial charge in [-0.1, -0.05) is 45.8 Å². The lowest BCUT2D eigenvalue weighted by atomic mass is 10.0. The van der Waals surface area contributed by atoms with Crippen LogP contribution in [0.25, 0.3) is 0 Å². The minimum absolute atomic E-state index is 0.0306. The lowest BCUT2D eigenvalue weighted by Gasteiger charge is -2.24. The Balaban J connectivity index is 4.65. The van der Waals surface area contributed by atoms with Crippen LogP contribution < -0.4 is 5.73 Å². The van der Waals surface area contributed by atoms with Gasteiger partial charge in [0.2, 0.25) is 10.0 Å². The first-order valence-corrected chi connectivity index (χ1v) is 7.65. The normalized spacial score (nSPS) is 12.3. The number of nitrogens with two attached hydrogens (primary N) is 1. The summed E-state index contributed by atoms with van der Waals surface area (Å²) in [6.45, 7) is 7.01. The molecule has 0 heterocycles. The highest BCUT2D eigenvalue weighted by Crippen LogP contribution is 2.13. The summed E-state index contributed by atoms with van der Waals surface area (Å²) >= 11 is 4.65. The van der Waals surface area contributed by atoms with E-state index in [0.29, 0.717) is 19.0 Å². The minimum atomic E-state index is -3.32. The average molecular weight is 266 g/mol. The molecule has 0 aromatic carbocycles. The number of thiocarbonyl (C=S) groups is 1. The molecule has 16 heavy (non-hydrogen) atoms. The van der Waals surface area contributed by atoms with Crippen LogP contribution in [0, 0.1) is 5.92 Å². The first kappa shape index (κ1) is 15.8. The fourth-order valence-corrected chi connectivity index (χ4v) is 3.37. The number of hydrogen-bond acceptors (Lipinski definition) is 3. The van der Waals surface area contributed by atoms with Gasteiger partial charge in [-0.2, -0.15) is 0 Å². The van der Waals surface area contributed by atoms with Crippen molar-refractivity contribution in [1.82, 2.24) is 4.31 Å². The SMILES string of the molecule is CCC(CC)CN(CC)S(=O)(=O)CC(N)=S. The van der Waals surface area contributed by atoms with Crippen LogP contribution in [-0.4, -0.2) is 36.6 Å². The zero-order valence-corrected chi connectivity index (χ0v) is 11.9. The minimum Gasteiger partial charge on any atom is -0.392 e. The Kier molecular flexibility index (Phi) is 7.10. The van der Waals surface area contributed by atoms with Gasteiger partial charge in [0.25, 0.3) is 0 Å². The molecule has 4 nitrogen and oxygen atoms in total. The first-order valence-electron chi connectivity index (χ1n) is 5.63. The summed E-state index contributed by atoms with van der Waals surface area (Å²) in [5, 5.41) is 0. The van der Waals surface area contributed by atoms with Gasteiger partial charge in [0.05, 0.1) is 4.99 Å². The Morgan fingerprint density at radius 3 is 2.12 bits per heavy atom. The molecule has 0 aliphatic carbocycles. The molecule has 0 bridgehead atoms. The van der Waals surface area contributed by atoms with Gasteiger partial charge >= 0.3 is 0 Å². The highest BCUT2D eigenvalue weighted by Gasteiger charge is 2.23. The third-order valence-electron chi connectivity index (χ3n) is 2.69. The van der Waals surface area contributed by atoms with Crippen molar-refractivity contribution in [3.63, 3.8) is 0 Å². The molecule has 0 radical (unpaired) electrons. The summed E-state index contributed by atoms with van der Waals surface area (Å²) in [5.41, 5.74) is 5.29. The van der Waals surface area contributed by atoms with Crippen LogP contribution in [0.2, 0.25) is 0 Å². The van der Waals surface area contributed by atoms with E-state index in [-0.39, 0.29) is 10.7 Å². The summed E-state index contributed by atoms with van der Waals surface area (Å²) < 4.78 is 25.3. The molecule has 96 valence electrons. The Hall–Kier alpha value is -0.200. The largest absolute Gasteiger partial charge is 0.392 e. The molecule has 0 aromatic rings. The Morgan fingerprint density at radius 1 is 1.31 bits per heavy atom. The molecule has 2 N–H and O–H groups in total. The number of hydrogen-bond donors (Lipinski definition) is 1. The maximum Gasteiger partial charge on any atom is 0.220 e. The molecular formula is C10H22N2O2S2. The van der Waals surface area contributed by atoms with Gasteiger partial charge < -0.3 is 5.73 Å². The average Bonchev–Trinajstić information content (AvgIpc) is 2.17. The molecule has 0 aromatic heterocycles. The second-order valence-electron chi connectivity index (χ2n) is 3.86. The van der Waals surface area contributed by atoms with Crippen molar-refractivity contribution in [2.45, 2.75) is 33.6 Å². The smallest absolute Gasteiger partial charge is 0.220 e. The summed E-state index contributed by atoms with van der Waals surface area (Å²) in [4.78, 5) is 0.0306. The standard InChI is InChI=1S/C10H22N2O2S2/c1-4-9(5-2)7-12(6-3)16(13,14)8-10(11)15/h9H,4-8H2,1-3H3,(H2,11,15). The number of nitrogens with zero attached hydrogens (tertiary/aromatic N) is 1. The molecule has 0 fully saturated rings. The van der Waals surface area contributed by atoms with Crippen molar-refractivity contribution in [3.05, 3.63) is 0 Å². The zero-order chi connectivity index (χ0) is 12.8. The quantitative estimate of drug-likeness (QED) is 0.674. The number of rotatable bonds is 8. The van der Waals surface area contributed by atoms with Crippen molar-refractivity contribution in [2.24, 2.45) is 11.7 Å². The molecule has 0 aliphatic rings. The van der Waals surface area contributed by atoms with Crippen LogP contribution in [0.5, 0.6) is 0 Å². The molecule has 0 atom stereocenters. The third kappa shape index (κ3) is 5.23. The molecule has 6 heteroatoms. The van der Waals surface area contributed by atoms with Crippen LogP contribution >= 0.6 is 12.2 Å². The highest BCUT2D eigenvalue weighted by atomic mass is 32.2. The van der Waals surface area contributed by atoms with Crippen molar-refractivity contribution < 1.29 is 8.42 Å². The Labute approximate surface area is 104 Å². The fraction of sp³-hybridized carbons (Fsp3) is 0.900. The van der Waals surface area contributed by atoms with Crippen LogP contribution in [0.15, 0.2) is 0 Å². The maximum atomic E-state index is 11.9. The second kappa shape index (κ2) is 7.19. The molecule has 0 rings (SSSR count). The monoisotopic (exact) mass is 266 g/mol. The summed E-state index contributed by atoms with van der Waals surface area (Å²) in [6, 6.07) is 0. The third-order valence-corrected chi connectivity index (χ3v) is 4.88. The van der Waals surface area contributed by atoms with E-state index in [1.165, 1.54) is 4.31 Å². The van der Waals surface area contributed by atoms with Crippen LogP contribution in [0.1, 0.15) is 33.6 Å². The van der Waals surface area contributed by atoms with E-state index in [0.717, 1.165) is 12.8 Å². The molecule has 0 saturated heterocycles. The van der Waals surface area contributed by atoms with Crippen molar-refractivity contribution in [3.8, 4) is 0 Å². The van der Waals surface area contributed by atoms with Gasteiger partial charge in [0, 0.05) is 13.1 Å². The lowest BCUT2D eigenvalue weighted by Crippen LogP contribution is -2.39. The van der Waals surface area contributed by atoms with E-state index in [1.807, 2.05) is 6.92 Å². The fourth-order valence-electron chi connectivity index (χ4n) is 1.55. The van der Waals surface area contributed by atoms with E-state index in [1.54, 1.807) is 0 Å². The van der Waals surface area contributed by atoms with Crippen LogP contribution in [0.4, 0.5) is 0 Å². The highest BCUT2D eigenvalue weighted by molar-refractivity contribution is 7.92. The van der Waals surface area contributed by atoms with Crippen molar-refractivity contribution in [2.75, 3.05) is 18.8 Å². The predicted octanol–water partition coefficient (Wildman–Crippen LogP) is 1.36. The van der Waals surface area contributed by atoms with E-state index in [2.05, 4.69) is 26.1 Å².